The van der Waals surface area contributed by atoms with Crippen molar-refractivity contribution < 1.29 is 4.74 Å². The average Bonchev–Trinajstić information content (AvgIpc) is 2.43. The van der Waals surface area contributed by atoms with Gasteiger partial charge in [0.25, 0.3) is 0 Å². The Kier molecular flexibility index (Phi) is 5.05. The van der Waals surface area contributed by atoms with Crippen molar-refractivity contribution in [3.05, 3.63) is 23.8 Å². The maximum absolute atomic E-state index is 5.89. The molecule has 0 unspecified atom stereocenters. The van der Waals surface area contributed by atoms with Crippen LogP contribution in [0, 0.1) is 0 Å². The van der Waals surface area contributed by atoms with E-state index in [4.69, 9.17) is 10.5 Å². The molecular weight excluding hydrogens is 238 g/mol. The largest absolute Gasteiger partial charge is 0.494 e. The van der Waals surface area contributed by atoms with Crippen molar-refractivity contribution in [1.29, 1.82) is 0 Å². The predicted octanol–water partition coefficient (Wildman–Crippen LogP) is 1.81. The minimum atomic E-state index is 0.695. The van der Waals surface area contributed by atoms with Gasteiger partial charge in [0, 0.05) is 44.0 Å². The van der Waals surface area contributed by atoms with Crippen molar-refractivity contribution in [1.82, 2.24) is 9.80 Å². The first-order chi connectivity index (χ1) is 9.22. The minimum Gasteiger partial charge on any atom is -0.494 e. The molecule has 0 spiro atoms. The first kappa shape index (κ1) is 14.2. The maximum atomic E-state index is 5.89. The number of anilines is 1. The highest BCUT2D eigenvalue weighted by atomic mass is 16.5. The van der Waals surface area contributed by atoms with Crippen LogP contribution in [0.2, 0.25) is 0 Å². The zero-order valence-electron chi connectivity index (χ0n) is 12.1. The van der Waals surface area contributed by atoms with Gasteiger partial charge in [-0.1, -0.05) is 6.92 Å². The van der Waals surface area contributed by atoms with E-state index >= 15 is 0 Å². The summed E-state index contributed by atoms with van der Waals surface area (Å²) in [5, 5.41) is 0. The summed E-state index contributed by atoms with van der Waals surface area (Å²) in [5.41, 5.74) is 7.90. The molecule has 0 atom stereocenters. The second-order valence-electron chi connectivity index (χ2n) is 5.01. The molecule has 1 aliphatic heterocycles. The van der Waals surface area contributed by atoms with Crippen LogP contribution < -0.4 is 10.5 Å². The summed E-state index contributed by atoms with van der Waals surface area (Å²) in [6.45, 7) is 11.6. The topological polar surface area (TPSA) is 41.7 Å². The quantitative estimate of drug-likeness (QED) is 0.823. The molecule has 106 valence electrons. The number of hydrogen-bond donors (Lipinski definition) is 1. The van der Waals surface area contributed by atoms with Crippen molar-refractivity contribution in [3.8, 4) is 5.75 Å². The fourth-order valence-corrected chi connectivity index (χ4v) is 2.52. The summed E-state index contributed by atoms with van der Waals surface area (Å²) in [7, 11) is 0. The Morgan fingerprint density at radius 2 is 1.79 bits per heavy atom. The molecule has 1 aromatic carbocycles. The van der Waals surface area contributed by atoms with Crippen LogP contribution in [0.3, 0.4) is 0 Å². The van der Waals surface area contributed by atoms with E-state index in [1.54, 1.807) is 0 Å². The number of likely N-dealkylation sites (N-methyl/N-ethyl adjacent to an activating group) is 1. The average molecular weight is 263 g/mol. The van der Waals surface area contributed by atoms with Crippen LogP contribution in [-0.4, -0.2) is 49.1 Å². The summed E-state index contributed by atoms with van der Waals surface area (Å²) in [4.78, 5) is 4.96. The van der Waals surface area contributed by atoms with Crippen LogP contribution in [0.15, 0.2) is 18.2 Å². The number of benzene rings is 1. The summed E-state index contributed by atoms with van der Waals surface area (Å²) in [6.07, 6.45) is 0. The lowest BCUT2D eigenvalue weighted by atomic mass is 10.1. The van der Waals surface area contributed by atoms with E-state index in [1.165, 1.54) is 5.56 Å². The zero-order valence-corrected chi connectivity index (χ0v) is 12.1. The molecule has 1 heterocycles. The van der Waals surface area contributed by atoms with E-state index in [2.05, 4.69) is 16.7 Å². The molecule has 2 rings (SSSR count). The van der Waals surface area contributed by atoms with Crippen LogP contribution in [0.4, 0.5) is 5.69 Å². The van der Waals surface area contributed by atoms with Crippen molar-refractivity contribution >= 4 is 5.69 Å². The number of hydrogen-bond acceptors (Lipinski definition) is 4. The van der Waals surface area contributed by atoms with Gasteiger partial charge in [0.05, 0.1) is 6.61 Å². The molecule has 0 aromatic heterocycles. The molecule has 1 aliphatic rings. The molecule has 0 aliphatic carbocycles. The standard InChI is InChI=1S/C15H25N3O/c1-3-17-7-9-18(10-8-17)12-13-11-14(16)5-6-15(13)19-4-2/h5-6,11H,3-4,7-10,12,16H2,1-2H3. The van der Waals surface area contributed by atoms with Gasteiger partial charge < -0.3 is 15.4 Å². The first-order valence-corrected chi connectivity index (χ1v) is 7.18. The Balaban J connectivity index is 2.00. The molecule has 1 aromatic rings. The summed E-state index contributed by atoms with van der Waals surface area (Å²) < 4.78 is 5.68. The number of rotatable bonds is 5. The van der Waals surface area contributed by atoms with Crippen LogP contribution in [-0.2, 0) is 6.54 Å². The van der Waals surface area contributed by atoms with Crippen molar-refractivity contribution in [2.24, 2.45) is 0 Å². The summed E-state index contributed by atoms with van der Waals surface area (Å²) in [6, 6.07) is 5.93. The molecule has 19 heavy (non-hydrogen) atoms. The molecule has 0 bridgehead atoms. The van der Waals surface area contributed by atoms with Crippen LogP contribution in [0.25, 0.3) is 0 Å². The predicted molar refractivity (Wildman–Crippen MR) is 79.4 cm³/mol. The lowest BCUT2D eigenvalue weighted by molar-refractivity contribution is 0.131. The third kappa shape index (κ3) is 3.85. The summed E-state index contributed by atoms with van der Waals surface area (Å²) in [5.74, 6) is 0.967. The normalized spacial score (nSPS) is 17.6. The van der Waals surface area contributed by atoms with Gasteiger partial charge in [0.15, 0.2) is 0 Å². The Bertz CT molecular complexity index is 400. The van der Waals surface area contributed by atoms with Gasteiger partial charge >= 0.3 is 0 Å². The fourth-order valence-electron chi connectivity index (χ4n) is 2.52. The molecule has 0 amide bonds. The minimum absolute atomic E-state index is 0.695. The van der Waals surface area contributed by atoms with Crippen molar-refractivity contribution in [3.63, 3.8) is 0 Å². The maximum Gasteiger partial charge on any atom is 0.123 e. The SMILES string of the molecule is CCOc1ccc(N)cc1CN1CCN(CC)CC1. The fraction of sp³-hybridized carbons (Fsp3) is 0.600. The molecule has 0 radical (unpaired) electrons. The van der Waals surface area contributed by atoms with Gasteiger partial charge in [-0.05, 0) is 31.7 Å². The van der Waals surface area contributed by atoms with E-state index in [0.717, 1.165) is 50.7 Å². The molecule has 1 saturated heterocycles. The third-order valence-electron chi connectivity index (χ3n) is 3.69. The Hall–Kier alpha value is -1.26. The second kappa shape index (κ2) is 6.78. The number of nitrogens with two attached hydrogens (primary N) is 1. The monoisotopic (exact) mass is 263 g/mol. The van der Waals surface area contributed by atoms with E-state index in [1.807, 2.05) is 25.1 Å². The number of piperazine rings is 1. The number of ether oxygens (including phenoxy) is 1. The van der Waals surface area contributed by atoms with Gasteiger partial charge in [-0.15, -0.1) is 0 Å². The van der Waals surface area contributed by atoms with Gasteiger partial charge in [-0.3, -0.25) is 4.90 Å². The smallest absolute Gasteiger partial charge is 0.123 e. The summed E-state index contributed by atoms with van der Waals surface area (Å²) >= 11 is 0. The molecule has 4 heteroatoms. The van der Waals surface area contributed by atoms with Gasteiger partial charge in [0.2, 0.25) is 0 Å². The van der Waals surface area contributed by atoms with Gasteiger partial charge in [-0.2, -0.15) is 0 Å². The Labute approximate surface area is 116 Å². The number of nitrogen functional groups attached to an aromatic ring is 1. The van der Waals surface area contributed by atoms with E-state index in [9.17, 15) is 0 Å². The molecule has 4 nitrogen and oxygen atoms in total. The zero-order chi connectivity index (χ0) is 13.7. The van der Waals surface area contributed by atoms with E-state index < -0.39 is 0 Å². The second-order valence-corrected chi connectivity index (χ2v) is 5.01. The highest BCUT2D eigenvalue weighted by Crippen LogP contribution is 2.23. The molecule has 0 saturated carbocycles. The molecule has 2 N–H and O–H groups in total. The third-order valence-corrected chi connectivity index (χ3v) is 3.69. The lowest BCUT2D eigenvalue weighted by Crippen LogP contribution is -2.45. The van der Waals surface area contributed by atoms with Gasteiger partial charge in [0.1, 0.15) is 5.75 Å². The highest BCUT2D eigenvalue weighted by Gasteiger charge is 2.17. The van der Waals surface area contributed by atoms with Crippen molar-refractivity contribution in [2.75, 3.05) is 45.1 Å². The van der Waals surface area contributed by atoms with Crippen LogP contribution in [0.5, 0.6) is 5.75 Å². The molecular formula is C15H25N3O. The van der Waals surface area contributed by atoms with E-state index in [-0.39, 0.29) is 0 Å². The van der Waals surface area contributed by atoms with Crippen LogP contribution in [0.1, 0.15) is 19.4 Å². The Morgan fingerprint density at radius 1 is 1.11 bits per heavy atom. The lowest BCUT2D eigenvalue weighted by Gasteiger charge is -2.34. The van der Waals surface area contributed by atoms with E-state index in [0.29, 0.717) is 6.61 Å². The highest BCUT2D eigenvalue weighted by molar-refractivity contribution is 5.47. The Morgan fingerprint density at radius 3 is 2.42 bits per heavy atom. The van der Waals surface area contributed by atoms with Crippen molar-refractivity contribution in [2.45, 2.75) is 20.4 Å². The molecule has 1 fully saturated rings. The number of nitrogens with zero attached hydrogens (tertiary/aromatic N) is 2. The van der Waals surface area contributed by atoms with Crippen LogP contribution >= 0.6 is 0 Å². The first-order valence-electron chi connectivity index (χ1n) is 7.18. The van der Waals surface area contributed by atoms with Gasteiger partial charge in [-0.25, -0.2) is 0 Å².